The highest BCUT2D eigenvalue weighted by Gasteiger charge is 2.11. The van der Waals surface area contributed by atoms with Gasteiger partial charge in [0.25, 0.3) is 0 Å². The van der Waals surface area contributed by atoms with E-state index >= 15 is 0 Å². The van der Waals surface area contributed by atoms with E-state index in [1.165, 1.54) is 89.9 Å². The summed E-state index contributed by atoms with van der Waals surface area (Å²) >= 11 is 0. The van der Waals surface area contributed by atoms with Crippen LogP contribution in [0.5, 0.6) is 0 Å². The third-order valence-electron chi connectivity index (χ3n) is 5.02. The van der Waals surface area contributed by atoms with Gasteiger partial charge in [-0.05, 0) is 12.8 Å². The molecule has 0 saturated heterocycles. The molecule has 0 saturated carbocycles. The highest BCUT2D eigenvalue weighted by Crippen LogP contribution is 2.13. The number of nitrogens with one attached hydrogen (secondary N) is 1. The normalized spacial score (nSPS) is 12.3. The van der Waals surface area contributed by atoms with E-state index in [0.29, 0.717) is 0 Å². The molecule has 0 aliphatic heterocycles. The first-order chi connectivity index (χ1) is 11.7. The molecule has 0 spiro atoms. The fraction of sp³-hybridized carbons (Fsp3) is 0.955. The average Bonchev–Trinajstić information content (AvgIpc) is 2.59. The second-order valence-corrected chi connectivity index (χ2v) is 7.58. The first-order valence-corrected chi connectivity index (χ1v) is 11.0. The van der Waals surface area contributed by atoms with Gasteiger partial charge in [-0.1, -0.05) is 111 Å². The molecule has 0 aromatic rings. The van der Waals surface area contributed by atoms with Gasteiger partial charge in [-0.3, -0.25) is 4.79 Å². The summed E-state index contributed by atoms with van der Waals surface area (Å²) in [6.45, 7) is 7.47. The molecule has 0 aliphatic carbocycles. The maximum absolute atomic E-state index is 12.0. The Balaban J connectivity index is 3.33. The van der Waals surface area contributed by atoms with E-state index in [0.717, 1.165) is 19.4 Å². The number of unbranched alkanes of at least 4 members (excludes halogenated alkanes) is 13. The standard InChI is InChI=1S/C22H45NO/c1-4-6-8-10-12-14-16-18-20-23-22(24)21(3)19-17-15-13-11-9-7-5-2/h21H,4-20H2,1-3H3,(H,23,24). The van der Waals surface area contributed by atoms with Gasteiger partial charge < -0.3 is 5.32 Å². The molecule has 1 atom stereocenters. The van der Waals surface area contributed by atoms with Crippen molar-refractivity contribution in [3.63, 3.8) is 0 Å². The van der Waals surface area contributed by atoms with Crippen LogP contribution in [0.3, 0.4) is 0 Å². The second kappa shape index (κ2) is 18.8. The predicted octanol–water partition coefficient (Wildman–Crippen LogP) is 7.02. The lowest BCUT2D eigenvalue weighted by atomic mass is 10.0. The maximum atomic E-state index is 12.0. The van der Waals surface area contributed by atoms with Crippen LogP contribution in [0.1, 0.15) is 124 Å². The van der Waals surface area contributed by atoms with Crippen molar-refractivity contribution in [2.45, 2.75) is 124 Å². The number of carbonyl (C=O) groups is 1. The zero-order chi connectivity index (χ0) is 17.9. The molecule has 24 heavy (non-hydrogen) atoms. The minimum Gasteiger partial charge on any atom is -0.356 e. The minimum absolute atomic E-state index is 0.190. The van der Waals surface area contributed by atoms with Crippen LogP contribution >= 0.6 is 0 Å². The third kappa shape index (κ3) is 16.3. The topological polar surface area (TPSA) is 29.1 Å². The van der Waals surface area contributed by atoms with Crippen molar-refractivity contribution in [1.29, 1.82) is 0 Å². The Morgan fingerprint density at radius 3 is 1.58 bits per heavy atom. The molecule has 0 rings (SSSR count). The van der Waals surface area contributed by atoms with E-state index in [9.17, 15) is 4.79 Å². The van der Waals surface area contributed by atoms with E-state index in [2.05, 4.69) is 26.1 Å². The quantitative estimate of drug-likeness (QED) is 0.267. The molecule has 1 N–H and O–H groups in total. The molecule has 144 valence electrons. The number of hydrogen-bond acceptors (Lipinski definition) is 1. The van der Waals surface area contributed by atoms with Gasteiger partial charge >= 0.3 is 0 Å². The largest absolute Gasteiger partial charge is 0.356 e. The van der Waals surface area contributed by atoms with Crippen LogP contribution in [-0.2, 0) is 4.79 Å². The number of carbonyl (C=O) groups excluding carboxylic acids is 1. The highest BCUT2D eigenvalue weighted by molar-refractivity contribution is 5.78. The van der Waals surface area contributed by atoms with Crippen LogP contribution in [-0.4, -0.2) is 12.5 Å². The summed E-state index contributed by atoms with van der Waals surface area (Å²) in [5, 5.41) is 3.12. The van der Waals surface area contributed by atoms with Crippen LogP contribution in [0, 0.1) is 5.92 Å². The highest BCUT2D eigenvalue weighted by atomic mass is 16.1. The summed E-state index contributed by atoms with van der Waals surface area (Å²) < 4.78 is 0. The molecular weight excluding hydrogens is 294 g/mol. The van der Waals surface area contributed by atoms with Crippen LogP contribution in [0.2, 0.25) is 0 Å². The van der Waals surface area contributed by atoms with Crippen molar-refractivity contribution in [3.8, 4) is 0 Å². The molecule has 1 amide bonds. The van der Waals surface area contributed by atoms with Gasteiger partial charge in [0.15, 0.2) is 0 Å². The Kier molecular flexibility index (Phi) is 18.4. The predicted molar refractivity (Wildman–Crippen MR) is 107 cm³/mol. The molecule has 0 aliphatic rings. The van der Waals surface area contributed by atoms with Crippen LogP contribution in [0.25, 0.3) is 0 Å². The number of hydrogen-bond donors (Lipinski definition) is 1. The van der Waals surface area contributed by atoms with Gasteiger partial charge in [0.1, 0.15) is 0 Å². The Hall–Kier alpha value is -0.530. The molecule has 2 heteroatoms. The van der Waals surface area contributed by atoms with E-state index in [4.69, 9.17) is 0 Å². The molecule has 1 unspecified atom stereocenters. The monoisotopic (exact) mass is 339 g/mol. The molecule has 0 heterocycles. The lowest BCUT2D eigenvalue weighted by Crippen LogP contribution is -2.30. The van der Waals surface area contributed by atoms with Crippen molar-refractivity contribution >= 4 is 5.91 Å². The summed E-state index contributed by atoms with van der Waals surface area (Å²) in [5.41, 5.74) is 0. The van der Waals surface area contributed by atoms with Crippen molar-refractivity contribution in [1.82, 2.24) is 5.32 Å². The van der Waals surface area contributed by atoms with E-state index < -0.39 is 0 Å². The molecular formula is C22H45NO. The fourth-order valence-electron chi connectivity index (χ4n) is 3.18. The van der Waals surface area contributed by atoms with E-state index in [-0.39, 0.29) is 11.8 Å². The fourth-order valence-corrected chi connectivity index (χ4v) is 3.18. The summed E-state index contributed by atoms with van der Waals surface area (Å²) in [6.07, 6.45) is 20.9. The summed E-state index contributed by atoms with van der Waals surface area (Å²) in [4.78, 5) is 12.0. The second-order valence-electron chi connectivity index (χ2n) is 7.58. The van der Waals surface area contributed by atoms with Crippen molar-refractivity contribution in [2.75, 3.05) is 6.54 Å². The average molecular weight is 340 g/mol. The van der Waals surface area contributed by atoms with Gasteiger partial charge in [0.2, 0.25) is 5.91 Å². The lowest BCUT2D eigenvalue weighted by Gasteiger charge is -2.12. The van der Waals surface area contributed by atoms with Gasteiger partial charge in [-0.25, -0.2) is 0 Å². The molecule has 0 aromatic heterocycles. The summed E-state index contributed by atoms with van der Waals surface area (Å²) in [6, 6.07) is 0. The van der Waals surface area contributed by atoms with Gasteiger partial charge in [-0.2, -0.15) is 0 Å². The van der Waals surface area contributed by atoms with Crippen LogP contribution in [0.15, 0.2) is 0 Å². The molecule has 0 radical (unpaired) electrons. The molecule has 0 fully saturated rings. The molecule has 0 aromatic carbocycles. The van der Waals surface area contributed by atoms with Gasteiger partial charge in [0.05, 0.1) is 0 Å². The minimum atomic E-state index is 0.190. The van der Waals surface area contributed by atoms with Gasteiger partial charge in [-0.15, -0.1) is 0 Å². The first-order valence-electron chi connectivity index (χ1n) is 11.0. The van der Waals surface area contributed by atoms with Crippen molar-refractivity contribution in [3.05, 3.63) is 0 Å². The SMILES string of the molecule is CCCCCCCCCCNC(=O)C(C)CCCCCCCCC. The smallest absolute Gasteiger partial charge is 0.222 e. The zero-order valence-corrected chi connectivity index (χ0v) is 17.0. The van der Waals surface area contributed by atoms with E-state index in [1.807, 2.05) is 0 Å². The maximum Gasteiger partial charge on any atom is 0.222 e. The Morgan fingerprint density at radius 1 is 0.667 bits per heavy atom. The zero-order valence-electron chi connectivity index (χ0n) is 17.0. The Bertz CT molecular complexity index is 265. The van der Waals surface area contributed by atoms with Crippen molar-refractivity contribution < 1.29 is 4.79 Å². The van der Waals surface area contributed by atoms with Crippen LogP contribution < -0.4 is 5.32 Å². The Labute approximate surface area is 152 Å². The van der Waals surface area contributed by atoms with Crippen LogP contribution in [0.4, 0.5) is 0 Å². The lowest BCUT2D eigenvalue weighted by molar-refractivity contribution is -0.124. The van der Waals surface area contributed by atoms with Gasteiger partial charge in [0, 0.05) is 12.5 Å². The molecule has 0 bridgehead atoms. The first kappa shape index (κ1) is 23.5. The number of amides is 1. The van der Waals surface area contributed by atoms with E-state index in [1.54, 1.807) is 0 Å². The summed E-state index contributed by atoms with van der Waals surface area (Å²) in [7, 11) is 0. The number of rotatable bonds is 18. The molecule has 2 nitrogen and oxygen atoms in total. The Morgan fingerprint density at radius 2 is 1.08 bits per heavy atom. The third-order valence-corrected chi connectivity index (χ3v) is 5.02. The summed E-state index contributed by atoms with van der Waals surface area (Å²) in [5.74, 6) is 0.457. The van der Waals surface area contributed by atoms with Crippen molar-refractivity contribution in [2.24, 2.45) is 5.92 Å².